The second kappa shape index (κ2) is 5.94. The van der Waals surface area contributed by atoms with Gasteiger partial charge in [0.2, 0.25) is 0 Å². The monoisotopic (exact) mass is 392 g/mol. The van der Waals surface area contributed by atoms with Crippen LogP contribution >= 0.6 is 0 Å². The summed E-state index contributed by atoms with van der Waals surface area (Å²) in [5.41, 5.74) is -5.85. The number of ether oxygens (including phenoxy) is 3. The topological polar surface area (TPSA) is 88.1 Å². The molecule has 3 rings (SSSR count). The van der Waals surface area contributed by atoms with Crippen LogP contribution in [0.4, 0.5) is 13.2 Å². The molecule has 7 nitrogen and oxygen atoms in total. The maximum atomic E-state index is 12.8. The van der Waals surface area contributed by atoms with Gasteiger partial charge in [-0.3, -0.25) is 0 Å². The Kier molecular flexibility index (Phi) is 4.14. The van der Waals surface area contributed by atoms with Crippen molar-refractivity contribution in [1.82, 2.24) is 0 Å². The number of hydrogen-bond acceptors (Lipinski definition) is 7. The molecule has 0 aliphatic carbocycles. The molecule has 0 saturated heterocycles. The molecular weight excluding hydrogens is 381 g/mol. The second-order valence-electron chi connectivity index (χ2n) is 5.23. The maximum Gasteiger partial charge on any atom is 0.534 e. The number of hydrogen-bond donors (Lipinski definition) is 0. The van der Waals surface area contributed by atoms with E-state index in [1.54, 1.807) is 0 Å². The molecule has 0 radical (unpaired) electrons. The third-order valence-corrected chi connectivity index (χ3v) is 4.67. The number of esters is 1. The number of rotatable bonds is 4. The first kappa shape index (κ1) is 18.1. The Labute approximate surface area is 145 Å². The average Bonchev–Trinajstić information content (AvgIpc) is 2.93. The predicted octanol–water partition coefficient (Wildman–Crippen LogP) is 2.76. The number of carbonyl (C=O) groups is 1. The van der Waals surface area contributed by atoms with Crippen molar-refractivity contribution in [2.24, 2.45) is 0 Å². The Morgan fingerprint density at radius 1 is 1.08 bits per heavy atom. The number of alkyl halides is 3. The lowest BCUT2D eigenvalue weighted by molar-refractivity contribution is -0.0500. The van der Waals surface area contributed by atoms with Crippen molar-refractivity contribution in [2.75, 3.05) is 14.2 Å². The number of cyclic esters (lactones) is 1. The zero-order valence-electron chi connectivity index (χ0n) is 13.3. The molecule has 2 aromatic rings. The van der Waals surface area contributed by atoms with Gasteiger partial charge in [-0.2, -0.15) is 21.6 Å². The summed E-state index contributed by atoms with van der Waals surface area (Å²) >= 11 is 0. The zero-order valence-corrected chi connectivity index (χ0v) is 14.2. The number of fused-ring (bicyclic) bond motifs is 2. The summed E-state index contributed by atoms with van der Waals surface area (Å²) < 4.78 is 80.6. The SMILES string of the molecule is COc1cc2cc3c(c(OS(=O)(=O)C(F)(F)F)c2cc1OC)C(=O)OC3. The van der Waals surface area contributed by atoms with Gasteiger partial charge in [-0.15, -0.1) is 0 Å². The van der Waals surface area contributed by atoms with Crippen LogP contribution < -0.4 is 13.7 Å². The molecule has 0 amide bonds. The number of methoxy groups -OCH3 is 2. The summed E-state index contributed by atoms with van der Waals surface area (Å²) in [7, 11) is -3.36. The molecule has 1 aliphatic rings. The predicted molar refractivity (Wildman–Crippen MR) is 81.8 cm³/mol. The van der Waals surface area contributed by atoms with Crippen LogP contribution in [0.5, 0.6) is 17.2 Å². The van der Waals surface area contributed by atoms with Crippen LogP contribution in [0.25, 0.3) is 10.8 Å². The molecule has 11 heteroatoms. The molecule has 1 heterocycles. The van der Waals surface area contributed by atoms with E-state index < -0.39 is 27.3 Å². The molecule has 0 aromatic heterocycles. The first-order chi connectivity index (χ1) is 12.1. The van der Waals surface area contributed by atoms with Gasteiger partial charge in [0, 0.05) is 10.9 Å². The highest BCUT2D eigenvalue weighted by Gasteiger charge is 2.49. The van der Waals surface area contributed by atoms with Crippen LogP contribution in [0.2, 0.25) is 0 Å². The molecule has 140 valence electrons. The first-order valence-corrected chi connectivity index (χ1v) is 8.39. The normalized spacial score (nSPS) is 14.1. The maximum absolute atomic E-state index is 12.8. The van der Waals surface area contributed by atoms with E-state index in [2.05, 4.69) is 4.18 Å². The molecule has 0 atom stereocenters. The number of halogens is 3. The van der Waals surface area contributed by atoms with E-state index in [9.17, 15) is 26.4 Å². The van der Waals surface area contributed by atoms with Crippen molar-refractivity contribution in [3.05, 3.63) is 29.3 Å². The van der Waals surface area contributed by atoms with E-state index in [1.807, 2.05) is 0 Å². The summed E-state index contributed by atoms with van der Waals surface area (Å²) in [6.45, 7) is -0.221. The van der Waals surface area contributed by atoms with Crippen molar-refractivity contribution in [1.29, 1.82) is 0 Å². The highest BCUT2D eigenvalue weighted by atomic mass is 32.2. The molecule has 0 fully saturated rings. The standard InChI is InChI=1S/C15H11F3O7S/c1-22-10-4-7-3-8-6-24-14(19)12(8)13(9(7)5-11(10)23-2)25-26(20,21)15(16,17)18/h3-5H,6H2,1-2H3. The lowest BCUT2D eigenvalue weighted by Gasteiger charge is -2.15. The minimum atomic E-state index is -6.00. The van der Waals surface area contributed by atoms with E-state index in [-0.39, 0.29) is 40.0 Å². The van der Waals surface area contributed by atoms with Gasteiger partial charge in [0.15, 0.2) is 17.2 Å². The molecule has 26 heavy (non-hydrogen) atoms. The average molecular weight is 392 g/mol. The van der Waals surface area contributed by atoms with Crippen molar-refractivity contribution < 1.29 is 44.8 Å². The fraction of sp³-hybridized carbons (Fsp3) is 0.267. The van der Waals surface area contributed by atoms with Gasteiger partial charge in [-0.1, -0.05) is 0 Å². The van der Waals surface area contributed by atoms with E-state index in [0.29, 0.717) is 0 Å². The van der Waals surface area contributed by atoms with Gasteiger partial charge in [0.1, 0.15) is 12.2 Å². The fourth-order valence-corrected chi connectivity index (χ4v) is 3.03. The fourth-order valence-electron chi connectivity index (χ4n) is 2.55. The Morgan fingerprint density at radius 2 is 1.69 bits per heavy atom. The van der Waals surface area contributed by atoms with Crippen LogP contribution in [0.1, 0.15) is 15.9 Å². The molecule has 0 unspecified atom stereocenters. The van der Waals surface area contributed by atoms with E-state index in [0.717, 1.165) is 0 Å². The highest BCUT2D eigenvalue weighted by molar-refractivity contribution is 7.88. The summed E-state index contributed by atoms with van der Waals surface area (Å²) in [5, 5.41) is 0.208. The lowest BCUT2D eigenvalue weighted by atomic mass is 10.0. The van der Waals surface area contributed by atoms with Crippen molar-refractivity contribution >= 4 is 26.9 Å². The second-order valence-corrected chi connectivity index (χ2v) is 6.77. The Hall–Kier alpha value is -2.69. The van der Waals surface area contributed by atoms with E-state index in [4.69, 9.17) is 14.2 Å². The first-order valence-electron chi connectivity index (χ1n) is 6.98. The molecule has 0 saturated carbocycles. The smallest absolute Gasteiger partial charge is 0.493 e. The zero-order chi connectivity index (χ0) is 19.3. The van der Waals surface area contributed by atoms with Gasteiger partial charge in [-0.05, 0) is 23.6 Å². The summed E-state index contributed by atoms with van der Waals surface area (Å²) in [4.78, 5) is 11.9. The minimum Gasteiger partial charge on any atom is -0.493 e. The van der Waals surface area contributed by atoms with Gasteiger partial charge in [-0.25, -0.2) is 4.79 Å². The summed E-state index contributed by atoms with van der Waals surface area (Å²) in [6, 6.07) is 4.12. The van der Waals surface area contributed by atoms with Gasteiger partial charge >= 0.3 is 21.6 Å². The van der Waals surface area contributed by atoms with Crippen LogP contribution in [0, 0.1) is 0 Å². The lowest BCUT2D eigenvalue weighted by Crippen LogP contribution is -2.28. The van der Waals surface area contributed by atoms with E-state index in [1.165, 1.54) is 32.4 Å². The third kappa shape index (κ3) is 2.77. The molecule has 0 N–H and O–H groups in total. The summed E-state index contributed by atoms with van der Waals surface area (Å²) in [6.07, 6.45) is 0. The highest BCUT2D eigenvalue weighted by Crippen LogP contribution is 2.43. The molecule has 2 aromatic carbocycles. The Bertz CT molecular complexity index is 1010. The van der Waals surface area contributed by atoms with Gasteiger partial charge < -0.3 is 18.4 Å². The van der Waals surface area contributed by atoms with Gasteiger partial charge in [0.25, 0.3) is 0 Å². The number of benzene rings is 2. The van der Waals surface area contributed by atoms with Crippen molar-refractivity contribution in [3.63, 3.8) is 0 Å². The Balaban J connectivity index is 2.35. The van der Waals surface area contributed by atoms with Crippen molar-refractivity contribution in [2.45, 2.75) is 12.1 Å². The largest absolute Gasteiger partial charge is 0.534 e. The van der Waals surface area contributed by atoms with Crippen molar-refractivity contribution in [3.8, 4) is 17.2 Å². The minimum absolute atomic E-state index is 0.0759. The molecular formula is C15H11F3O7S. The van der Waals surface area contributed by atoms with Crippen LogP contribution in [0.15, 0.2) is 18.2 Å². The molecule has 0 bridgehead atoms. The van der Waals surface area contributed by atoms with Crippen LogP contribution in [-0.4, -0.2) is 34.1 Å². The third-order valence-electron chi connectivity index (χ3n) is 3.72. The van der Waals surface area contributed by atoms with Gasteiger partial charge in [0.05, 0.1) is 14.2 Å². The van der Waals surface area contributed by atoms with E-state index >= 15 is 0 Å². The van der Waals surface area contributed by atoms with Crippen LogP contribution in [-0.2, 0) is 21.5 Å². The number of carbonyl (C=O) groups excluding carboxylic acids is 1. The molecule has 1 aliphatic heterocycles. The van der Waals surface area contributed by atoms with Crippen LogP contribution in [0.3, 0.4) is 0 Å². The summed E-state index contributed by atoms with van der Waals surface area (Å²) in [5.74, 6) is -1.38. The Morgan fingerprint density at radius 3 is 2.27 bits per heavy atom. The quantitative estimate of drug-likeness (QED) is 0.449. The molecule has 0 spiro atoms.